The van der Waals surface area contributed by atoms with Gasteiger partial charge in [-0.25, -0.2) is 0 Å². The lowest BCUT2D eigenvalue weighted by molar-refractivity contribution is 0.152. The van der Waals surface area contributed by atoms with Crippen molar-refractivity contribution in [1.29, 1.82) is 0 Å². The van der Waals surface area contributed by atoms with Crippen LogP contribution >= 0.6 is 0 Å². The molecule has 0 aromatic rings. The second kappa shape index (κ2) is 7.46. The molecule has 4 heteroatoms. The topological polar surface area (TPSA) is 27.7 Å². The van der Waals surface area contributed by atoms with Crippen molar-refractivity contribution in [1.82, 2.24) is 0 Å². The van der Waals surface area contributed by atoms with E-state index in [0.29, 0.717) is 19.8 Å². The summed E-state index contributed by atoms with van der Waals surface area (Å²) in [6.07, 6.45) is 6.30. The SMILES string of the molecule is C=CCOB(OCC=C)C1=CCOCC1. The molecule has 1 heterocycles. The lowest BCUT2D eigenvalue weighted by Gasteiger charge is -2.19. The molecule has 0 spiro atoms. The number of ether oxygens (including phenoxy) is 1. The Balaban J connectivity index is 2.48. The number of hydrogen-bond donors (Lipinski definition) is 0. The Bertz CT molecular complexity index is 226. The fourth-order valence-electron chi connectivity index (χ4n) is 1.33. The Labute approximate surface area is 91.5 Å². The third-order valence-electron chi connectivity index (χ3n) is 2.03. The Morgan fingerprint density at radius 3 is 2.47 bits per heavy atom. The molecule has 0 fully saturated rings. The van der Waals surface area contributed by atoms with Gasteiger partial charge in [0.2, 0.25) is 0 Å². The summed E-state index contributed by atoms with van der Waals surface area (Å²) in [4.78, 5) is 0. The van der Waals surface area contributed by atoms with Crippen molar-refractivity contribution >= 4 is 7.12 Å². The summed E-state index contributed by atoms with van der Waals surface area (Å²) >= 11 is 0. The van der Waals surface area contributed by atoms with Crippen LogP contribution in [0.25, 0.3) is 0 Å². The summed E-state index contributed by atoms with van der Waals surface area (Å²) in [6, 6.07) is 0. The van der Waals surface area contributed by atoms with Gasteiger partial charge in [-0.2, -0.15) is 0 Å². The first-order chi connectivity index (χ1) is 7.38. The van der Waals surface area contributed by atoms with E-state index >= 15 is 0 Å². The monoisotopic (exact) mass is 208 g/mol. The average Bonchev–Trinajstić information content (AvgIpc) is 2.30. The highest BCUT2D eigenvalue weighted by molar-refractivity contribution is 6.53. The molecule has 0 N–H and O–H groups in total. The van der Waals surface area contributed by atoms with Crippen molar-refractivity contribution in [2.45, 2.75) is 6.42 Å². The smallest absolute Gasteiger partial charge is 0.404 e. The van der Waals surface area contributed by atoms with E-state index < -0.39 is 0 Å². The predicted octanol–water partition coefficient (Wildman–Crippen LogP) is 1.77. The summed E-state index contributed by atoms with van der Waals surface area (Å²) < 4.78 is 16.3. The maximum absolute atomic E-state index is 5.52. The summed E-state index contributed by atoms with van der Waals surface area (Å²) in [5.74, 6) is 0. The van der Waals surface area contributed by atoms with Gasteiger partial charge in [0.25, 0.3) is 0 Å². The zero-order valence-electron chi connectivity index (χ0n) is 8.98. The molecule has 0 aromatic heterocycles. The van der Waals surface area contributed by atoms with Crippen LogP contribution in [0, 0.1) is 0 Å². The van der Waals surface area contributed by atoms with Crippen LogP contribution < -0.4 is 0 Å². The van der Waals surface area contributed by atoms with Gasteiger partial charge >= 0.3 is 7.12 Å². The van der Waals surface area contributed by atoms with Gasteiger partial charge in [-0.1, -0.05) is 18.2 Å². The summed E-state index contributed by atoms with van der Waals surface area (Å²) in [6.45, 7) is 9.57. The highest BCUT2D eigenvalue weighted by Crippen LogP contribution is 2.13. The summed E-state index contributed by atoms with van der Waals surface area (Å²) in [5, 5.41) is 0. The quantitative estimate of drug-likeness (QED) is 0.471. The zero-order valence-corrected chi connectivity index (χ0v) is 8.98. The van der Waals surface area contributed by atoms with Crippen LogP contribution in [-0.2, 0) is 14.0 Å². The Morgan fingerprint density at radius 2 is 2.00 bits per heavy atom. The molecule has 1 aliphatic heterocycles. The van der Waals surface area contributed by atoms with Gasteiger partial charge in [-0.15, -0.1) is 13.2 Å². The van der Waals surface area contributed by atoms with Crippen LogP contribution in [0.4, 0.5) is 0 Å². The molecular weight excluding hydrogens is 191 g/mol. The van der Waals surface area contributed by atoms with Crippen LogP contribution in [0.1, 0.15) is 6.42 Å². The highest BCUT2D eigenvalue weighted by atomic mass is 16.6. The number of hydrogen-bond acceptors (Lipinski definition) is 3. The summed E-state index contributed by atoms with van der Waals surface area (Å²) in [7, 11) is -0.287. The summed E-state index contributed by atoms with van der Waals surface area (Å²) in [5.41, 5.74) is 1.14. The molecule has 0 saturated heterocycles. The molecule has 0 bridgehead atoms. The fourth-order valence-corrected chi connectivity index (χ4v) is 1.33. The van der Waals surface area contributed by atoms with Gasteiger partial charge < -0.3 is 14.0 Å². The van der Waals surface area contributed by atoms with Crippen LogP contribution in [0.5, 0.6) is 0 Å². The minimum Gasteiger partial charge on any atom is -0.404 e. The van der Waals surface area contributed by atoms with E-state index in [9.17, 15) is 0 Å². The Hall–Kier alpha value is -0.835. The van der Waals surface area contributed by atoms with E-state index in [1.807, 2.05) is 6.08 Å². The van der Waals surface area contributed by atoms with Crippen LogP contribution in [-0.4, -0.2) is 33.5 Å². The molecule has 3 nitrogen and oxygen atoms in total. The van der Waals surface area contributed by atoms with Crippen molar-refractivity contribution < 1.29 is 14.0 Å². The van der Waals surface area contributed by atoms with E-state index in [1.54, 1.807) is 12.2 Å². The molecule has 0 unspecified atom stereocenters. The van der Waals surface area contributed by atoms with Crippen molar-refractivity contribution in [3.63, 3.8) is 0 Å². The second-order valence-corrected chi connectivity index (χ2v) is 3.18. The lowest BCUT2D eigenvalue weighted by Crippen LogP contribution is -2.29. The minimum absolute atomic E-state index is 0.287. The predicted molar refractivity (Wildman–Crippen MR) is 61.6 cm³/mol. The zero-order chi connectivity index (χ0) is 10.9. The van der Waals surface area contributed by atoms with Gasteiger partial charge in [-0.05, 0) is 11.9 Å². The standard InChI is InChI=1S/C11H17BO3/c1-3-7-14-12(15-8-4-2)11-5-9-13-10-6-11/h3-5H,1-2,6-10H2. The maximum Gasteiger partial charge on any atom is 0.489 e. The minimum atomic E-state index is -0.287. The van der Waals surface area contributed by atoms with Crippen LogP contribution in [0.15, 0.2) is 36.9 Å². The fraction of sp³-hybridized carbons (Fsp3) is 0.455. The normalized spacial score (nSPS) is 15.6. The van der Waals surface area contributed by atoms with Crippen molar-refractivity contribution in [3.05, 3.63) is 36.9 Å². The van der Waals surface area contributed by atoms with Gasteiger partial charge in [0.05, 0.1) is 13.2 Å². The van der Waals surface area contributed by atoms with Gasteiger partial charge in [-0.3, -0.25) is 0 Å². The van der Waals surface area contributed by atoms with E-state index in [-0.39, 0.29) is 7.12 Å². The lowest BCUT2D eigenvalue weighted by atomic mass is 9.75. The van der Waals surface area contributed by atoms with E-state index in [1.165, 1.54) is 0 Å². The first-order valence-corrected chi connectivity index (χ1v) is 5.10. The molecule has 0 atom stereocenters. The van der Waals surface area contributed by atoms with Gasteiger partial charge in [0.1, 0.15) is 0 Å². The second-order valence-electron chi connectivity index (χ2n) is 3.18. The number of rotatable bonds is 7. The molecular formula is C11H17BO3. The molecule has 0 radical (unpaired) electrons. The molecule has 0 aliphatic carbocycles. The third-order valence-corrected chi connectivity index (χ3v) is 2.03. The van der Waals surface area contributed by atoms with E-state index in [4.69, 9.17) is 14.0 Å². The van der Waals surface area contributed by atoms with Gasteiger partial charge in [0, 0.05) is 13.2 Å². The van der Waals surface area contributed by atoms with Crippen LogP contribution in [0.3, 0.4) is 0 Å². The molecule has 1 rings (SSSR count). The molecule has 15 heavy (non-hydrogen) atoms. The third kappa shape index (κ3) is 4.47. The van der Waals surface area contributed by atoms with Crippen LogP contribution in [0.2, 0.25) is 0 Å². The Morgan fingerprint density at radius 1 is 1.33 bits per heavy atom. The Kier molecular flexibility index (Phi) is 6.08. The maximum atomic E-state index is 5.52. The first-order valence-electron chi connectivity index (χ1n) is 5.10. The molecule has 1 aliphatic rings. The molecule has 0 aromatic carbocycles. The van der Waals surface area contributed by atoms with E-state index in [2.05, 4.69) is 13.2 Å². The van der Waals surface area contributed by atoms with Crippen molar-refractivity contribution in [2.24, 2.45) is 0 Å². The largest absolute Gasteiger partial charge is 0.489 e. The first kappa shape index (κ1) is 12.2. The molecule has 82 valence electrons. The molecule has 0 saturated carbocycles. The van der Waals surface area contributed by atoms with E-state index in [0.717, 1.165) is 18.5 Å². The molecule has 0 amide bonds. The van der Waals surface area contributed by atoms with Crippen molar-refractivity contribution in [3.8, 4) is 0 Å². The van der Waals surface area contributed by atoms with Gasteiger partial charge in [0.15, 0.2) is 0 Å². The van der Waals surface area contributed by atoms with Crippen molar-refractivity contribution in [2.75, 3.05) is 26.4 Å². The highest BCUT2D eigenvalue weighted by Gasteiger charge is 2.24. The average molecular weight is 208 g/mol.